The Balaban J connectivity index is 1.64. The Bertz CT molecular complexity index is 1060. The van der Waals surface area contributed by atoms with E-state index < -0.39 is 0 Å². The molecule has 0 bridgehead atoms. The van der Waals surface area contributed by atoms with E-state index in [1.807, 2.05) is 29.8 Å². The lowest BCUT2D eigenvalue weighted by Gasteiger charge is -2.29. The molecule has 1 saturated carbocycles. The number of hydrogen-bond acceptors (Lipinski definition) is 5. The van der Waals surface area contributed by atoms with Gasteiger partial charge in [0.15, 0.2) is 5.82 Å². The molecule has 152 valence electrons. The lowest BCUT2D eigenvalue weighted by Crippen LogP contribution is -2.34. The van der Waals surface area contributed by atoms with E-state index in [2.05, 4.69) is 31.5 Å². The molecule has 1 atom stereocenters. The number of hydrogen-bond donors (Lipinski definition) is 1. The minimum Gasteiger partial charge on any atom is -0.321 e. The zero-order valence-electron chi connectivity index (χ0n) is 17.0. The fourth-order valence-electron chi connectivity index (χ4n) is 5.07. The van der Waals surface area contributed by atoms with Crippen LogP contribution in [0.5, 0.6) is 0 Å². The number of H-pyrrole nitrogens is 1. The van der Waals surface area contributed by atoms with Crippen LogP contribution in [0, 0.1) is 6.92 Å². The van der Waals surface area contributed by atoms with Crippen LogP contribution in [0.3, 0.4) is 0 Å². The maximum atomic E-state index is 13.2. The second-order valence-electron chi connectivity index (χ2n) is 8.51. The van der Waals surface area contributed by atoms with E-state index in [9.17, 15) is 4.79 Å². The highest BCUT2D eigenvalue weighted by Crippen LogP contribution is 2.34. The number of benzene rings is 1. The quantitative estimate of drug-likeness (QED) is 0.735. The zero-order chi connectivity index (χ0) is 19.8. The zero-order valence-corrected chi connectivity index (χ0v) is 17.0. The Labute approximate surface area is 170 Å². The number of nitrogens with one attached hydrogen (secondary N) is 1. The van der Waals surface area contributed by atoms with Gasteiger partial charge in [-0.1, -0.05) is 37.5 Å². The van der Waals surface area contributed by atoms with Gasteiger partial charge in [0, 0.05) is 5.56 Å². The molecule has 7 heteroatoms. The van der Waals surface area contributed by atoms with Gasteiger partial charge >= 0.3 is 0 Å². The number of pyridine rings is 1. The lowest BCUT2D eigenvalue weighted by molar-refractivity contribution is 0.243. The van der Waals surface area contributed by atoms with Crippen LogP contribution in [0.2, 0.25) is 0 Å². The Morgan fingerprint density at radius 1 is 1.10 bits per heavy atom. The molecule has 0 radical (unpaired) electrons. The van der Waals surface area contributed by atoms with Crippen molar-refractivity contribution in [2.24, 2.45) is 0 Å². The van der Waals surface area contributed by atoms with E-state index in [1.165, 1.54) is 19.3 Å². The summed E-state index contributed by atoms with van der Waals surface area (Å²) in [5, 5.41) is 13.9. The summed E-state index contributed by atoms with van der Waals surface area (Å²) in [6.07, 6.45) is 8.23. The molecular formula is C22H28N6O. The summed E-state index contributed by atoms with van der Waals surface area (Å²) < 4.78 is 2.02. The highest BCUT2D eigenvalue weighted by atomic mass is 16.1. The first-order chi connectivity index (χ1) is 14.2. The van der Waals surface area contributed by atoms with Crippen molar-refractivity contribution in [3.05, 3.63) is 51.6 Å². The molecule has 5 rings (SSSR count). The van der Waals surface area contributed by atoms with Gasteiger partial charge in [0.1, 0.15) is 6.04 Å². The highest BCUT2D eigenvalue weighted by Gasteiger charge is 2.33. The van der Waals surface area contributed by atoms with Crippen molar-refractivity contribution in [3.8, 4) is 0 Å². The summed E-state index contributed by atoms with van der Waals surface area (Å²) in [6.45, 7) is 3.96. The minimum atomic E-state index is -0.205. The Hall–Kier alpha value is -2.54. The second-order valence-corrected chi connectivity index (χ2v) is 8.51. The number of nitrogens with zero attached hydrogens (tertiary/aromatic N) is 5. The van der Waals surface area contributed by atoms with Gasteiger partial charge in [-0.15, -0.1) is 5.10 Å². The molecule has 2 fully saturated rings. The van der Waals surface area contributed by atoms with Gasteiger partial charge in [-0.05, 0) is 73.1 Å². The van der Waals surface area contributed by atoms with Crippen LogP contribution in [0.4, 0.5) is 0 Å². The first-order valence-electron chi connectivity index (χ1n) is 10.9. The normalized spacial score (nSPS) is 19.8. The Morgan fingerprint density at radius 2 is 1.90 bits per heavy atom. The lowest BCUT2D eigenvalue weighted by atomic mass is 9.95. The third kappa shape index (κ3) is 3.37. The third-order valence-corrected chi connectivity index (χ3v) is 6.60. The fourth-order valence-corrected chi connectivity index (χ4v) is 5.07. The molecule has 2 aromatic heterocycles. The molecule has 1 aromatic carbocycles. The van der Waals surface area contributed by atoms with Gasteiger partial charge < -0.3 is 4.98 Å². The van der Waals surface area contributed by atoms with Crippen molar-refractivity contribution >= 4 is 10.9 Å². The number of aryl methyl sites for hydroxylation is 1. The molecule has 2 aliphatic rings. The number of fused-ring (bicyclic) bond motifs is 1. The Kier molecular flexibility index (Phi) is 4.91. The Morgan fingerprint density at radius 3 is 2.69 bits per heavy atom. The van der Waals surface area contributed by atoms with Gasteiger partial charge in [-0.3, -0.25) is 9.69 Å². The van der Waals surface area contributed by atoms with Crippen LogP contribution in [0.15, 0.2) is 29.1 Å². The molecule has 0 amide bonds. The van der Waals surface area contributed by atoms with Crippen molar-refractivity contribution in [3.63, 3.8) is 0 Å². The van der Waals surface area contributed by atoms with E-state index in [0.717, 1.165) is 66.6 Å². The van der Waals surface area contributed by atoms with Crippen molar-refractivity contribution in [1.29, 1.82) is 0 Å². The average molecular weight is 393 g/mol. The molecule has 0 spiro atoms. The van der Waals surface area contributed by atoms with Crippen molar-refractivity contribution < 1.29 is 0 Å². The van der Waals surface area contributed by atoms with Gasteiger partial charge in [0.2, 0.25) is 0 Å². The standard InChI is InChI=1S/C22H28N6O/c1-15-8-7-9-16-14-18(22(29)23-19(15)16)20(27-12-5-6-13-27)21-24-25-26-28(21)17-10-3-2-4-11-17/h7-9,14,17,20H,2-6,10-13H2,1H3,(H,23,29). The third-order valence-electron chi connectivity index (χ3n) is 6.60. The predicted molar refractivity (Wildman–Crippen MR) is 112 cm³/mol. The molecule has 1 saturated heterocycles. The van der Waals surface area contributed by atoms with Crippen molar-refractivity contribution in [2.75, 3.05) is 13.1 Å². The monoisotopic (exact) mass is 392 g/mol. The molecule has 3 heterocycles. The van der Waals surface area contributed by atoms with Crippen LogP contribution in [0.25, 0.3) is 10.9 Å². The topological polar surface area (TPSA) is 79.7 Å². The molecule has 1 aliphatic heterocycles. The molecule has 1 aliphatic carbocycles. The number of aromatic nitrogens is 5. The number of aromatic amines is 1. The summed E-state index contributed by atoms with van der Waals surface area (Å²) in [6, 6.07) is 8.30. The van der Waals surface area contributed by atoms with Crippen LogP contribution in [0.1, 0.15) is 74.0 Å². The molecule has 1 unspecified atom stereocenters. The maximum Gasteiger partial charge on any atom is 0.253 e. The highest BCUT2D eigenvalue weighted by molar-refractivity contribution is 5.82. The van der Waals surface area contributed by atoms with Gasteiger partial charge in [0.05, 0.1) is 11.6 Å². The van der Waals surface area contributed by atoms with E-state index in [4.69, 9.17) is 0 Å². The predicted octanol–water partition coefficient (Wildman–Crippen LogP) is 3.51. The van der Waals surface area contributed by atoms with Gasteiger partial charge in [0.25, 0.3) is 5.56 Å². The van der Waals surface area contributed by atoms with Gasteiger partial charge in [-0.2, -0.15) is 0 Å². The largest absolute Gasteiger partial charge is 0.321 e. The SMILES string of the molecule is Cc1cccc2cc(C(c3nnnn3C3CCCCC3)N3CCCC3)c(=O)[nH]c12. The average Bonchev–Trinajstić information content (AvgIpc) is 3.43. The van der Waals surface area contributed by atoms with E-state index in [-0.39, 0.29) is 11.6 Å². The summed E-state index contributed by atoms with van der Waals surface area (Å²) in [4.78, 5) is 18.7. The molecule has 1 N–H and O–H groups in total. The molecule has 7 nitrogen and oxygen atoms in total. The second kappa shape index (κ2) is 7.71. The minimum absolute atomic E-state index is 0.0399. The van der Waals surface area contributed by atoms with E-state index in [1.54, 1.807) is 0 Å². The number of para-hydroxylation sites is 1. The van der Waals surface area contributed by atoms with Crippen LogP contribution in [-0.4, -0.2) is 43.2 Å². The van der Waals surface area contributed by atoms with Crippen LogP contribution in [-0.2, 0) is 0 Å². The van der Waals surface area contributed by atoms with Crippen molar-refractivity contribution in [1.82, 2.24) is 30.1 Å². The van der Waals surface area contributed by atoms with E-state index in [0.29, 0.717) is 6.04 Å². The molecule has 29 heavy (non-hydrogen) atoms. The van der Waals surface area contributed by atoms with Crippen molar-refractivity contribution in [2.45, 2.75) is 64.0 Å². The molecule has 3 aromatic rings. The van der Waals surface area contributed by atoms with Gasteiger partial charge in [-0.25, -0.2) is 4.68 Å². The van der Waals surface area contributed by atoms with Crippen LogP contribution < -0.4 is 5.56 Å². The summed E-state index contributed by atoms with van der Waals surface area (Å²) in [5.41, 5.74) is 2.70. The number of tetrazole rings is 1. The summed E-state index contributed by atoms with van der Waals surface area (Å²) >= 11 is 0. The smallest absolute Gasteiger partial charge is 0.253 e. The maximum absolute atomic E-state index is 13.2. The summed E-state index contributed by atoms with van der Waals surface area (Å²) in [7, 11) is 0. The summed E-state index contributed by atoms with van der Waals surface area (Å²) in [5.74, 6) is 0.816. The first-order valence-corrected chi connectivity index (χ1v) is 10.9. The fraction of sp³-hybridized carbons (Fsp3) is 0.545. The molecular weight excluding hydrogens is 364 g/mol. The number of likely N-dealkylation sites (tertiary alicyclic amines) is 1. The van der Waals surface area contributed by atoms with E-state index >= 15 is 0 Å². The van der Waals surface area contributed by atoms with Crippen LogP contribution >= 0.6 is 0 Å². The first kappa shape index (κ1) is 18.5. The number of rotatable bonds is 4.